The van der Waals surface area contributed by atoms with Gasteiger partial charge in [0.1, 0.15) is 5.82 Å². The number of hydrogen-bond acceptors (Lipinski definition) is 2. The van der Waals surface area contributed by atoms with E-state index in [2.05, 4.69) is 0 Å². The monoisotopic (exact) mass is 368 g/mol. The molecule has 128 valence electrons. The Balaban J connectivity index is 0.00000208. The summed E-state index contributed by atoms with van der Waals surface area (Å²) in [6.07, 6.45) is 1.52. The number of nitrogens with zero attached hydrogens (tertiary/aromatic N) is 1. The van der Waals surface area contributed by atoms with Gasteiger partial charge >= 0.3 is 0 Å². The highest BCUT2D eigenvalue weighted by atomic mass is 35.5. The van der Waals surface area contributed by atoms with Crippen LogP contribution in [-0.2, 0) is 0 Å². The van der Waals surface area contributed by atoms with Crippen molar-refractivity contribution in [2.75, 3.05) is 13.1 Å². The largest absolute Gasteiger partial charge is 0.338 e. The normalized spacial score (nSPS) is 15.0. The molecule has 3 rings (SSSR count). The van der Waals surface area contributed by atoms with Crippen LogP contribution < -0.4 is 5.73 Å². The molecule has 6 heteroatoms. The highest BCUT2D eigenvalue weighted by Crippen LogP contribution is 2.24. The standard InChI is InChI=1S/C18H18ClFN2O.ClH/c19-14-4-1-12(2-5-14)13-3-6-16(17(20)11-13)18(23)22-9-7-15(21)8-10-22;/h1-6,11,15H,7-10,21H2;1H. The van der Waals surface area contributed by atoms with E-state index < -0.39 is 5.82 Å². The van der Waals surface area contributed by atoms with Crippen LogP contribution in [-0.4, -0.2) is 29.9 Å². The molecule has 0 aromatic heterocycles. The van der Waals surface area contributed by atoms with E-state index in [0.717, 1.165) is 24.0 Å². The number of piperidine rings is 1. The first-order valence-electron chi connectivity index (χ1n) is 7.65. The fourth-order valence-corrected chi connectivity index (χ4v) is 2.91. The predicted octanol–water partition coefficient (Wildman–Crippen LogP) is 4.13. The van der Waals surface area contributed by atoms with Gasteiger partial charge in [0, 0.05) is 24.2 Å². The molecular formula is C18H19Cl2FN2O. The molecule has 1 saturated heterocycles. The molecule has 0 spiro atoms. The topological polar surface area (TPSA) is 46.3 Å². The quantitative estimate of drug-likeness (QED) is 0.865. The van der Waals surface area contributed by atoms with Crippen molar-refractivity contribution in [3.63, 3.8) is 0 Å². The van der Waals surface area contributed by atoms with Crippen LogP contribution in [0.1, 0.15) is 23.2 Å². The maximum Gasteiger partial charge on any atom is 0.256 e. The van der Waals surface area contributed by atoms with Crippen molar-refractivity contribution >= 4 is 29.9 Å². The minimum atomic E-state index is -0.502. The Kier molecular flexibility index (Phi) is 6.21. The first-order valence-corrected chi connectivity index (χ1v) is 8.03. The van der Waals surface area contributed by atoms with Gasteiger partial charge < -0.3 is 10.6 Å². The third-order valence-electron chi connectivity index (χ3n) is 4.20. The van der Waals surface area contributed by atoms with E-state index in [1.54, 1.807) is 29.2 Å². The summed E-state index contributed by atoms with van der Waals surface area (Å²) in [4.78, 5) is 14.1. The van der Waals surface area contributed by atoms with Crippen molar-refractivity contribution in [3.05, 3.63) is 58.9 Å². The number of hydrogen-bond donors (Lipinski definition) is 1. The molecule has 2 aromatic carbocycles. The number of amides is 1. The third-order valence-corrected chi connectivity index (χ3v) is 4.46. The van der Waals surface area contributed by atoms with Gasteiger partial charge in [-0.15, -0.1) is 12.4 Å². The van der Waals surface area contributed by atoms with E-state index >= 15 is 0 Å². The highest BCUT2D eigenvalue weighted by molar-refractivity contribution is 6.30. The second-order valence-corrected chi connectivity index (χ2v) is 6.27. The Hall–Kier alpha value is -1.62. The summed E-state index contributed by atoms with van der Waals surface area (Å²) < 4.78 is 14.4. The third kappa shape index (κ3) is 4.07. The molecule has 1 amide bonds. The molecule has 24 heavy (non-hydrogen) atoms. The molecule has 1 aliphatic heterocycles. The highest BCUT2D eigenvalue weighted by Gasteiger charge is 2.23. The van der Waals surface area contributed by atoms with Crippen molar-refractivity contribution in [3.8, 4) is 11.1 Å². The lowest BCUT2D eigenvalue weighted by Crippen LogP contribution is -2.43. The molecule has 0 radical (unpaired) electrons. The molecule has 3 nitrogen and oxygen atoms in total. The van der Waals surface area contributed by atoms with Crippen LogP contribution in [0.4, 0.5) is 4.39 Å². The van der Waals surface area contributed by atoms with Crippen molar-refractivity contribution in [1.29, 1.82) is 0 Å². The Morgan fingerprint density at radius 1 is 1.08 bits per heavy atom. The van der Waals surface area contributed by atoms with Gasteiger partial charge in [-0.05, 0) is 48.2 Å². The summed E-state index contributed by atoms with van der Waals surface area (Å²) in [5.41, 5.74) is 7.53. The van der Waals surface area contributed by atoms with Crippen LogP contribution in [0.3, 0.4) is 0 Å². The van der Waals surface area contributed by atoms with E-state index in [4.69, 9.17) is 17.3 Å². The molecule has 1 aliphatic rings. The fraction of sp³-hybridized carbons (Fsp3) is 0.278. The SMILES string of the molecule is Cl.NC1CCN(C(=O)c2ccc(-c3ccc(Cl)cc3)cc2F)CC1. The molecule has 2 N–H and O–H groups in total. The number of carbonyl (C=O) groups excluding carboxylic acids is 1. The maximum absolute atomic E-state index is 14.4. The van der Waals surface area contributed by atoms with E-state index in [0.29, 0.717) is 18.1 Å². The summed E-state index contributed by atoms with van der Waals surface area (Å²) in [6, 6.07) is 12.0. The van der Waals surface area contributed by atoms with E-state index in [1.807, 2.05) is 12.1 Å². The first kappa shape index (κ1) is 18.7. The molecule has 0 saturated carbocycles. The van der Waals surface area contributed by atoms with Crippen molar-refractivity contribution < 1.29 is 9.18 Å². The summed E-state index contributed by atoms with van der Waals surface area (Å²) in [5, 5.41) is 0.629. The van der Waals surface area contributed by atoms with E-state index in [9.17, 15) is 9.18 Å². The van der Waals surface area contributed by atoms with Crippen molar-refractivity contribution in [1.82, 2.24) is 4.90 Å². The second kappa shape index (κ2) is 7.97. The van der Waals surface area contributed by atoms with Gasteiger partial charge in [0.15, 0.2) is 0 Å². The van der Waals surface area contributed by atoms with Gasteiger partial charge in [0.05, 0.1) is 5.56 Å². The fourth-order valence-electron chi connectivity index (χ4n) is 2.78. The van der Waals surface area contributed by atoms with Gasteiger partial charge in [-0.25, -0.2) is 4.39 Å². The number of halogens is 3. The molecule has 2 aromatic rings. The minimum Gasteiger partial charge on any atom is -0.338 e. The zero-order valence-corrected chi connectivity index (χ0v) is 14.6. The van der Waals surface area contributed by atoms with Gasteiger partial charge in [0.25, 0.3) is 5.91 Å². The smallest absolute Gasteiger partial charge is 0.256 e. The molecule has 0 atom stereocenters. The number of carbonyl (C=O) groups is 1. The minimum absolute atomic E-state index is 0. The van der Waals surface area contributed by atoms with Crippen LogP contribution >= 0.6 is 24.0 Å². The van der Waals surface area contributed by atoms with E-state index in [-0.39, 0.29) is 29.9 Å². The summed E-state index contributed by atoms with van der Waals surface area (Å²) in [7, 11) is 0. The first-order chi connectivity index (χ1) is 11.0. The Bertz CT molecular complexity index is 713. The van der Waals surface area contributed by atoms with Crippen LogP contribution in [0.15, 0.2) is 42.5 Å². The van der Waals surface area contributed by atoms with Crippen LogP contribution in [0.5, 0.6) is 0 Å². The average Bonchev–Trinajstić information content (AvgIpc) is 2.55. The summed E-state index contributed by atoms with van der Waals surface area (Å²) in [5.74, 6) is -0.769. The Labute approximate surface area is 152 Å². The lowest BCUT2D eigenvalue weighted by Gasteiger charge is -2.30. The lowest BCUT2D eigenvalue weighted by atomic mass is 10.0. The van der Waals surface area contributed by atoms with Crippen LogP contribution in [0, 0.1) is 5.82 Å². The molecule has 1 heterocycles. The second-order valence-electron chi connectivity index (χ2n) is 5.83. The van der Waals surface area contributed by atoms with Gasteiger partial charge in [-0.3, -0.25) is 4.79 Å². The average molecular weight is 369 g/mol. The summed E-state index contributed by atoms with van der Waals surface area (Å²) in [6.45, 7) is 1.16. The lowest BCUT2D eigenvalue weighted by molar-refractivity contribution is 0.0710. The number of nitrogens with two attached hydrogens (primary N) is 1. The Morgan fingerprint density at radius 2 is 1.67 bits per heavy atom. The van der Waals surface area contributed by atoms with Gasteiger partial charge in [-0.1, -0.05) is 29.8 Å². The number of benzene rings is 2. The zero-order valence-electron chi connectivity index (χ0n) is 13.0. The summed E-state index contributed by atoms with van der Waals surface area (Å²) >= 11 is 5.86. The molecular weight excluding hydrogens is 350 g/mol. The van der Waals surface area contributed by atoms with Gasteiger partial charge in [0.2, 0.25) is 0 Å². The van der Waals surface area contributed by atoms with Crippen LogP contribution in [0.25, 0.3) is 11.1 Å². The van der Waals surface area contributed by atoms with Gasteiger partial charge in [-0.2, -0.15) is 0 Å². The predicted molar refractivity (Wildman–Crippen MR) is 97.2 cm³/mol. The zero-order chi connectivity index (χ0) is 16.4. The molecule has 1 fully saturated rings. The van der Waals surface area contributed by atoms with Crippen molar-refractivity contribution in [2.45, 2.75) is 18.9 Å². The van der Waals surface area contributed by atoms with E-state index in [1.165, 1.54) is 6.07 Å². The maximum atomic E-state index is 14.4. The molecule has 0 bridgehead atoms. The molecule has 0 aliphatic carbocycles. The molecule has 0 unspecified atom stereocenters. The van der Waals surface area contributed by atoms with Crippen LogP contribution in [0.2, 0.25) is 5.02 Å². The number of likely N-dealkylation sites (tertiary alicyclic amines) is 1. The van der Waals surface area contributed by atoms with Crippen molar-refractivity contribution in [2.24, 2.45) is 5.73 Å². The Morgan fingerprint density at radius 3 is 2.25 bits per heavy atom. The number of rotatable bonds is 2.